The number of aromatic hydroxyl groups is 1. The summed E-state index contributed by atoms with van der Waals surface area (Å²) in [4.78, 5) is 9.92. The first-order chi connectivity index (χ1) is 11.0. The summed E-state index contributed by atoms with van der Waals surface area (Å²) in [5.74, 6) is -1.20. The van der Waals surface area contributed by atoms with Gasteiger partial charge >= 0.3 is 13.8 Å². The number of phenolic OH excluding ortho intramolecular Hbond substituents is 1. The van der Waals surface area contributed by atoms with Crippen molar-refractivity contribution in [3.63, 3.8) is 0 Å². The van der Waals surface area contributed by atoms with Gasteiger partial charge in [0.25, 0.3) is 5.69 Å². The van der Waals surface area contributed by atoms with E-state index >= 15 is 0 Å². The fourth-order valence-corrected chi connectivity index (χ4v) is 3.21. The molecule has 1 aromatic carbocycles. The van der Waals surface area contributed by atoms with Crippen molar-refractivity contribution in [1.29, 1.82) is 0 Å². The number of halogens is 3. The number of hydrogen-bond donors (Lipinski definition) is 2. The van der Waals surface area contributed by atoms with Crippen LogP contribution in [0.3, 0.4) is 0 Å². The Morgan fingerprint density at radius 3 is 2.25 bits per heavy atom. The zero-order valence-corrected chi connectivity index (χ0v) is 13.7. The summed E-state index contributed by atoms with van der Waals surface area (Å²) in [5.41, 5.74) is -2.91. The highest BCUT2D eigenvalue weighted by molar-refractivity contribution is 7.53. The molecular formula is C12H16F3N2O6P. The molecule has 0 saturated heterocycles. The number of nitro groups is 1. The van der Waals surface area contributed by atoms with Crippen molar-refractivity contribution in [2.45, 2.75) is 20.0 Å². The fraction of sp³-hybridized carbons (Fsp3) is 0.500. The average Bonchev–Trinajstić information content (AvgIpc) is 2.44. The minimum atomic E-state index is -4.96. The molecule has 1 aromatic rings. The number of nitro benzene ring substituents is 1. The van der Waals surface area contributed by atoms with Crippen LogP contribution in [-0.2, 0) is 19.8 Å². The Labute approximate surface area is 135 Å². The molecule has 0 bridgehead atoms. The monoisotopic (exact) mass is 372 g/mol. The second-order valence-corrected chi connectivity index (χ2v) is 6.48. The van der Waals surface area contributed by atoms with E-state index in [0.717, 1.165) is 0 Å². The van der Waals surface area contributed by atoms with Crippen LogP contribution in [-0.4, -0.2) is 29.5 Å². The molecule has 0 aliphatic rings. The molecule has 0 unspecified atom stereocenters. The summed E-state index contributed by atoms with van der Waals surface area (Å²) in [5, 5.41) is 22.8. The van der Waals surface area contributed by atoms with E-state index in [1.54, 1.807) is 13.8 Å². The predicted molar refractivity (Wildman–Crippen MR) is 79.1 cm³/mol. The number of phenols is 1. The van der Waals surface area contributed by atoms with Gasteiger partial charge in [-0.1, -0.05) is 0 Å². The van der Waals surface area contributed by atoms with Crippen LogP contribution in [0.25, 0.3) is 0 Å². The molecule has 12 heteroatoms. The second kappa shape index (κ2) is 7.82. The molecule has 136 valence electrons. The van der Waals surface area contributed by atoms with E-state index < -0.39 is 47.7 Å². The number of anilines is 1. The summed E-state index contributed by atoms with van der Waals surface area (Å²) < 4.78 is 60.3. The maximum Gasteiger partial charge on any atom is 0.420 e. The highest BCUT2D eigenvalue weighted by Gasteiger charge is 2.37. The van der Waals surface area contributed by atoms with Gasteiger partial charge in [-0.25, -0.2) is 0 Å². The molecule has 8 nitrogen and oxygen atoms in total. The maximum atomic E-state index is 12.7. The van der Waals surface area contributed by atoms with Gasteiger partial charge in [-0.05, 0) is 13.8 Å². The lowest BCUT2D eigenvalue weighted by Gasteiger charge is -2.18. The topological polar surface area (TPSA) is 111 Å². The Morgan fingerprint density at radius 1 is 1.29 bits per heavy atom. The lowest BCUT2D eigenvalue weighted by atomic mass is 10.1. The van der Waals surface area contributed by atoms with Crippen LogP contribution in [0.2, 0.25) is 0 Å². The standard InChI is InChI=1S/C12H16F3N2O6P/c1-3-22-24(21,23-4-2)7-16-9-6-11(18)8(12(13,14)15)5-10(9)17(19)20/h5-6,16,18H,3-4,7H2,1-2H3. The zero-order valence-electron chi connectivity index (χ0n) is 12.8. The minimum Gasteiger partial charge on any atom is -0.507 e. The summed E-state index contributed by atoms with van der Waals surface area (Å²) >= 11 is 0. The summed E-state index contributed by atoms with van der Waals surface area (Å²) in [7, 11) is -3.63. The maximum absolute atomic E-state index is 12.7. The molecule has 0 amide bonds. The van der Waals surface area contributed by atoms with E-state index in [4.69, 9.17) is 9.05 Å². The lowest BCUT2D eigenvalue weighted by molar-refractivity contribution is -0.384. The molecule has 2 N–H and O–H groups in total. The Bertz CT molecular complexity index is 642. The van der Waals surface area contributed by atoms with Gasteiger partial charge in [-0.15, -0.1) is 0 Å². The smallest absolute Gasteiger partial charge is 0.420 e. The number of benzene rings is 1. The minimum absolute atomic E-state index is 0.0410. The van der Waals surface area contributed by atoms with Gasteiger partial charge < -0.3 is 19.5 Å². The van der Waals surface area contributed by atoms with Crippen molar-refractivity contribution in [1.82, 2.24) is 0 Å². The first-order valence-electron chi connectivity index (χ1n) is 6.74. The van der Waals surface area contributed by atoms with Gasteiger partial charge in [0, 0.05) is 12.1 Å². The van der Waals surface area contributed by atoms with Crippen LogP contribution in [0, 0.1) is 10.1 Å². The molecule has 0 aliphatic heterocycles. The van der Waals surface area contributed by atoms with E-state index in [0.29, 0.717) is 6.07 Å². The van der Waals surface area contributed by atoms with Gasteiger partial charge in [0.1, 0.15) is 23.3 Å². The molecule has 0 aromatic heterocycles. The first-order valence-corrected chi connectivity index (χ1v) is 8.47. The summed E-state index contributed by atoms with van der Waals surface area (Å²) in [6.45, 7) is 3.19. The number of rotatable bonds is 8. The fourth-order valence-electron chi connectivity index (χ4n) is 1.80. The molecule has 24 heavy (non-hydrogen) atoms. The SMILES string of the molecule is CCOP(=O)(CNc1cc(O)c(C(F)(F)F)cc1[N+](=O)[O-])OCC. The summed E-state index contributed by atoms with van der Waals surface area (Å²) in [6.07, 6.45) is -5.47. The molecule has 1 rings (SSSR count). The van der Waals surface area contributed by atoms with Crippen LogP contribution < -0.4 is 5.32 Å². The Hall–Kier alpha value is -1.84. The second-order valence-electron chi connectivity index (χ2n) is 4.42. The van der Waals surface area contributed by atoms with Crippen molar-refractivity contribution in [3.8, 4) is 5.75 Å². The predicted octanol–water partition coefficient (Wildman–Crippen LogP) is 3.95. The zero-order chi connectivity index (χ0) is 18.5. The number of alkyl halides is 3. The van der Waals surface area contributed by atoms with E-state index in [9.17, 15) is 33.0 Å². The van der Waals surface area contributed by atoms with Crippen LogP contribution in [0.15, 0.2) is 12.1 Å². The Balaban J connectivity index is 3.18. The van der Waals surface area contributed by atoms with E-state index in [1.165, 1.54) is 0 Å². The highest BCUT2D eigenvalue weighted by Crippen LogP contribution is 2.48. The van der Waals surface area contributed by atoms with Gasteiger partial charge in [0.2, 0.25) is 0 Å². The van der Waals surface area contributed by atoms with Gasteiger partial charge in [-0.3, -0.25) is 14.7 Å². The molecule has 0 spiro atoms. The molecular weight excluding hydrogens is 356 g/mol. The van der Waals surface area contributed by atoms with Crippen LogP contribution >= 0.6 is 7.60 Å². The van der Waals surface area contributed by atoms with Crippen molar-refractivity contribution >= 4 is 19.0 Å². The number of nitrogens with one attached hydrogen (secondary N) is 1. The Morgan fingerprint density at radius 2 is 1.83 bits per heavy atom. The van der Waals surface area contributed by atoms with E-state index in [2.05, 4.69) is 5.32 Å². The van der Waals surface area contributed by atoms with Crippen LogP contribution in [0.1, 0.15) is 19.4 Å². The van der Waals surface area contributed by atoms with Gasteiger partial charge in [-0.2, -0.15) is 13.2 Å². The average molecular weight is 372 g/mol. The third-order valence-corrected chi connectivity index (χ3v) is 4.58. The van der Waals surface area contributed by atoms with E-state index in [-0.39, 0.29) is 19.3 Å². The molecule has 0 aliphatic carbocycles. The molecule has 0 heterocycles. The molecule has 0 radical (unpaired) electrons. The number of hydrogen-bond acceptors (Lipinski definition) is 7. The number of nitrogens with zero attached hydrogens (tertiary/aromatic N) is 1. The Kier molecular flexibility index (Phi) is 6.58. The third kappa shape index (κ3) is 5.08. The normalized spacial score (nSPS) is 12.2. The molecule has 0 atom stereocenters. The quantitative estimate of drug-likeness (QED) is 0.404. The van der Waals surface area contributed by atoms with Crippen molar-refractivity contribution in [2.75, 3.05) is 24.8 Å². The van der Waals surface area contributed by atoms with Gasteiger partial charge in [0.05, 0.1) is 18.1 Å². The van der Waals surface area contributed by atoms with Gasteiger partial charge in [0.15, 0.2) is 0 Å². The molecule has 0 fully saturated rings. The van der Waals surface area contributed by atoms with Crippen LogP contribution in [0.5, 0.6) is 5.75 Å². The highest BCUT2D eigenvalue weighted by atomic mass is 31.2. The summed E-state index contributed by atoms with van der Waals surface area (Å²) in [6, 6.07) is 0.743. The van der Waals surface area contributed by atoms with Crippen molar-refractivity contribution in [2.24, 2.45) is 0 Å². The largest absolute Gasteiger partial charge is 0.507 e. The molecule has 0 saturated carbocycles. The van der Waals surface area contributed by atoms with Crippen LogP contribution in [0.4, 0.5) is 24.5 Å². The van der Waals surface area contributed by atoms with E-state index in [1.807, 2.05) is 0 Å². The van der Waals surface area contributed by atoms with Crippen molar-refractivity contribution < 1.29 is 36.8 Å². The third-order valence-electron chi connectivity index (χ3n) is 2.73. The first kappa shape index (κ1) is 20.2. The van der Waals surface area contributed by atoms with Crippen molar-refractivity contribution in [3.05, 3.63) is 27.8 Å². The lowest BCUT2D eigenvalue weighted by Crippen LogP contribution is -2.11.